The average molecular weight is 456 g/mol. The maximum absolute atomic E-state index is 12.2. The van der Waals surface area contributed by atoms with Crippen molar-refractivity contribution in [2.45, 2.75) is 57.7 Å². The highest BCUT2D eigenvalue weighted by atomic mass is 32.2. The molecule has 1 saturated carbocycles. The van der Waals surface area contributed by atoms with Crippen LogP contribution in [0.4, 0.5) is 0 Å². The zero-order valence-electron chi connectivity index (χ0n) is 19.2. The molecule has 4 rings (SSSR count). The van der Waals surface area contributed by atoms with Crippen LogP contribution >= 0.6 is 11.8 Å². The summed E-state index contributed by atoms with van der Waals surface area (Å²) >= 11 is 1.86. The molecule has 32 heavy (non-hydrogen) atoms. The first-order chi connectivity index (χ1) is 15.5. The van der Waals surface area contributed by atoms with Gasteiger partial charge in [0.1, 0.15) is 0 Å². The molecule has 2 aliphatic carbocycles. The Labute approximate surface area is 196 Å². The molecular weight excluding hydrogens is 418 g/mol. The zero-order valence-corrected chi connectivity index (χ0v) is 20.0. The van der Waals surface area contributed by atoms with E-state index in [0.29, 0.717) is 30.6 Å². The quantitative estimate of drug-likeness (QED) is 0.434. The van der Waals surface area contributed by atoms with Gasteiger partial charge in [0, 0.05) is 43.4 Å². The third-order valence-corrected chi connectivity index (χ3v) is 8.31. The number of thioether (sulfide) groups is 1. The number of nitrogens with zero attached hydrogens (tertiary/aromatic N) is 1. The van der Waals surface area contributed by atoms with Crippen LogP contribution in [0.25, 0.3) is 0 Å². The summed E-state index contributed by atoms with van der Waals surface area (Å²) in [5, 5.41) is 21.1. The Bertz CT molecular complexity index is 845. The van der Waals surface area contributed by atoms with Gasteiger partial charge in [-0.1, -0.05) is 53.6 Å². The molecule has 0 spiro atoms. The van der Waals surface area contributed by atoms with Crippen LogP contribution in [-0.2, 0) is 11.2 Å². The maximum atomic E-state index is 12.2. The fraction of sp³-hybridized carbons (Fsp3) is 0.593. The van der Waals surface area contributed by atoms with Crippen LogP contribution in [0.5, 0.6) is 0 Å². The Morgan fingerprint density at radius 1 is 1.31 bits per heavy atom. The lowest BCUT2D eigenvalue weighted by Gasteiger charge is -2.19. The van der Waals surface area contributed by atoms with Gasteiger partial charge in [-0.3, -0.25) is 4.79 Å². The van der Waals surface area contributed by atoms with Crippen molar-refractivity contribution >= 4 is 17.7 Å². The Morgan fingerprint density at radius 3 is 2.91 bits per heavy atom. The Balaban J connectivity index is 1.22. The molecule has 5 heteroatoms. The van der Waals surface area contributed by atoms with E-state index in [1.54, 1.807) is 0 Å². The molecule has 4 nitrogen and oxygen atoms in total. The standard InChI is InChI=1S/C27H37NO3S/c1-19-5-4-6-20(13-19)15-23(29)7-8-24-25-16-21(14-22(25)17-26(24)30)18-32-12-9-27(31)28-10-2-3-11-28/h4-8,13-14,22-26,29-30H,2-3,9-12,15-18H2,1H3/b8-7+/t22-,23-,24+,25-,26+/m0/s1. The molecule has 1 aromatic carbocycles. The molecular formula is C27H37NO3S. The van der Waals surface area contributed by atoms with Crippen LogP contribution in [0.2, 0.25) is 0 Å². The van der Waals surface area contributed by atoms with E-state index >= 15 is 0 Å². The number of fused-ring (bicyclic) bond motifs is 1. The molecule has 0 unspecified atom stereocenters. The molecule has 2 fully saturated rings. The minimum atomic E-state index is -0.527. The predicted octanol–water partition coefficient (Wildman–Crippen LogP) is 4.14. The number of aliphatic hydroxyl groups excluding tert-OH is 2. The van der Waals surface area contributed by atoms with E-state index in [1.165, 1.54) is 11.1 Å². The van der Waals surface area contributed by atoms with Crippen molar-refractivity contribution in [1.29, 1.82) is 0 Å². The van der Waals surface area contributed by atoms with E-state index in [-0.39, 0.29) is 12.0 Å². The summed E-state index contributed by atoms with van der Waals surface area (Å²) in [6.07, 6.45) is 10.9. The molecule has 1 aliphatic heterocycles. The van der Waals surface area contributed by atoms with Gasteiger partial charge in [0.25, 0.3) is 0 Å². The number of aryl methyl sites for hydroxylation is 1. The van der Waals surface area contributed by atoms with Crippen LogP contribution in [0.15, 0.2) is 48.1 Å². The monoisotopic (exact) mass is 455 g/mol. The van der Waals surface area contributed by atoms with E-state index in [2.05, 4.69) is 31.2 Å². The zero-order chi connectivity index (χ0) is 22.5. The van der Waals surface area contributed by atoms with Crippen LogP contribution in [0.3, 0.4) is 0 Å². The van der Waals surface area contributed by atoms with Gasteiger partial charge in [-0.15, -0.1) is 0 Å². The largest absolute Gasteiger partial charge is 0.392 e. The lowest BCUT2D eigenvalue weighted by Crippen LogP contribution is -2.27. The molecule has 0 radical (unpaired) electrons. The van der Waals surface area contributed by atoms with Crippen LogP contribution < -0.4 is 0 Å². The van der Waals surface area contributed by atoms with Crippen molar-refractivity contribution in [1.82, 2.24) is 4.90 Å². The highest BCUT2D eigenvalue weighted by molar-refractivity contribution is 7.99. The molecule has 0 bridgehead atoms. The fourth-order valence-corrected chi connectivity index (χ4v) is 6.54. The van der Waals surface area contributed by atoms with Crippen molar-refractivity contribution in [3.63, 3.8) is 0 Å². The Hall–Kier alpha value is -1.56. The number of aliphatic hydroxyl groups is 2. The highest BCUT2D eigenvalue weighted by Gasteiger charge is 2.43. The van der Waals surface area contributed by atoms with E-state index in [9.17, 15) is 15.0 Å². The van der Waals surface area contributed by atoms with Crippen LogP contribution in [0, 0.1) is 24.7 Å². The summed E-state index contributed by atoms with van der Waals surface area (Å²) in [7, 11) is 0. The summed E-state index contributed by atoms with van der Waals surface area (Å²) in [4.78, 5) is 14.2. The van der Waals surface area contributed by atoms with Crippen LogP contribution in [-0.4, -0.2) is 57.8 Å². The Morgan fingerprint density at radius 2 is 2.12 bits per heavy atom. The first-order valence-corrected chi connectivity index (χ1v) is 13.3. The molecule has 174 valence electrons. The highest BCUT2D eigenvalue weighted by Crippen LogP contribution is 2.47. The van der Waals surface area contributed by atoms with Crippen molar-refractivity contribution in [2.75, 3.05) is 24.6 Å². The predicted molar refractivity (Wildman–Crippen MR) is 132 cm³/mol. The van der Waals surface area contributed by atoms with Gasteiger partial charge in [-0.05, 0) is 50.0 Å². The van der Waals surface area contributed by atoms with Gasteiger partial charge < -0.3 is 15.1 Å². The number of hydrogen-bond donors (Lipinski definition) is 2. The molecule has 3 aliphatic rings. The number of rotatable bonds is 9. The Kier molecular flexibility index (Phi) is 8.14. The number of hydrogen-bond acceptors (Lipinski definition) is 4. The van der Waals surface area contributed by atoms with Gasteiger partial charge in [0.05, 0.1) is 12.2 Å². The third-order valence-electron chi connectivity index (χ3n) is 7.24. The second-order valence-corrected chi connectivity index (χ2v) is 10.9. The number of benzene rings is 1. The first-order valence-electron chi connectivity index (χ1n) is 12.1. The fourth-order valence-electron chi connectivity index (χ4n) is 5.60. The van der Waals surface area contributed by atoms with Gasteiger partial charge in [0.2, 0.25) is 5.91 Å². The maximum Gasteiger partial charge on any atom is 0.223 e. The molecule has 1 heterocycles. The summed E-state index contributed by atoms with van der Waals surface area (Å²) in [5.74, 6) is 3.18. The summed E-state index contributed by atoms with van der Waals surface area (Å²) < 4.78 is 0. The minimum absolute atomic E-state index is 0.114. The molecule has 1 aromatic rings. The molecule has 0 aromatic heterocycles. The number of allylic oxidation sites excluding steroid dienone is 1. The number of carbonyl (C=O) groups is 1. The molecule has 1 saturated heterocycles. The van der Waals surface area contributed by atoms with Crippen molar-refractivity contribution < 1.29 is 15.0 Å². The lowest BCUT2D eigenvalue weighted by atomic mass is 9.89. The van der Waals surface area contributed by atoms with E-state index < -0.39 is 6.10 Å². The topological polar surface area (TPSA) is 60.8 Å². The summed E-state index contributed by atoms with van der Waals surface area (Å²) in [6.45, 7) is 3.94. The van der Waals surface area contributed by atoms with Crippen LogP contribution in [0.1, 0.15) is 43.2 Å². The van der Waals surface area contributed by atoms with Crippen molar-refractivity contribution in [2.24, 2.45) is 17.8 Å². The number of amides is 1. The van der Waals surface area contributed by atoms with Crippen molar-refractivity contribution in [3.8, 4) is 0 Å². The van der Waals surface area contributed by atoms with E-state index in [1.807, 2.05) is 34.9 Å². The third kappa shape index (κ3) is 6.06. The van der Waals surface area contributed by atoms with Crippen molar-refractivity contribution in [3.05, 3.63) is 59.2 Å². The molecule has 2 N–H and O–H groups in total. The second-order valence-electron chi connectivity index (χ2n) is 9.77. The minimum Gasteiger partial charge on any atom is -0.392 e. The van der Waals surface area contributed by atoms with Gasteiger partial charge in [0.15, 0.2) is 0 Å². The number of carbonyl (C=O) groups excluding carboxylic acids is 1. The first kappa shape index (κ1) is 23.6. The summed E-state index contributed by atoms with van der Waals surface area (Å²) in [5.41, 5.74) is 3.80. The van der Waals surface area contributed by atoms with Gasteiger partial charge in [-0.25, -0.2) is 0 Å². The van der Waals surface area contributed by atoms with Gasteiger partial charge in [-0.2, -0.15) is 11.8 Å². The second kappa shape index (κ2) is 11.0. The average Bonchev–Trinajstić information content (AvgIpc) is 3.47. The molecule has 5 atom stereocenters. The van der Waals surface area contributed by atoms with E-state index in [0.717, 1.165) is 55.8 Å². The number of likely N-dealkylation sites (tertiary alicyclic amines) is 1. The lowest BCUT2D eigenvalue weighted by molar-refractivity contribution is -0.129. The summed E-state index contributed by atoms with van der Waals surface area (Å²) in [6, 6.07) is 8.25. The van der Waals surface area contributed by atoms with E-state index in [4.69, 9.17) is 0 Å². The smallest absolute Gasteiger partial charge is 0.223 e. The normalized spacial score (nSPS) is 28.3. The SMILES string of the molecule is Cc1cccc(C[C@@H](O)/C=C/[C@@H]2[C@H]3CC(CSCCC(=O)N4CCCC4)=C[C@H]3C[C@H]2O)c1. The molecule has 1 amide bonds. The van der Waals surface area contributed by atoms with Gasteiger partial charge >= 0.3 is 0 Å².